The van der Waals surface area contributed by atoms with Crippen LogP contribution in [0.3, 0.4) is 0 Å². The number of primary amides is 1. The van der Waals surface area contributed by atoms with Crippen LogP contribution < -0.4 is 11.1 Å². The van der Waals surface area contributed by atoms with E-state index in [1.807, 2.05) is 6.07 Å². The van der Waals surface area contributed by atoms with Gasteiger partial charge in [0.1, 0.15) is 5.00 Å². The Labute approximate surface area is 159 Å². The van der Waals surface area contributed by atoms with E-state index in [4.69, 9.17) is 5.73 Å². The van der Waals surface area contributed by atoms with Gasteiger partial charge in [-0.15, -0.1) is 16.4 Å². The van der Waals surface area contributed by atoms with Crippen LogP contribution in [-0.2, 0) is 19.9 Å². The van der Waals surface area contributed by atoms with Crippen LogP contribution >= 0.6 is 11.3 Å². The van der Waals surface area contributed by atoms with Gasteiger partial charge in [0.15, 0.2) is 5.82 Å². The van der Waals surface area contributed by atoms with Crippen molar-refractivity contribution in [2.75, 3.05) is 5.32 Å². The molecule has 0 aliphatic heterocycles. The highest BCUT2D eigenvalue weighted by Crippen LogP contribution is 2.38. The van der Waals surface area contributed by atoms with Crippen molar-refractivity contribution in [3.05, 3.63) is 45.8 Å². The third-order valence-electron chi connectivity index (χ3n) is 4.65. The quantitative estimate of drug-likeness (QED) is 0.717. The SMILES string of the molecule is Cn1nnnc1-c1cccc(C(=O)Nc2sc3c(c2C(N)=O)CCCC3)c1. The number of aryl methyl sites for hydroxylation is 2. The first-order chi connectivity index (χ1) is 13.0. The van der Waals surface area contributed by atoms with E-state index in [0.717, 1.165) is 41.7 Å². The topological polar surface area (TPSA) is 116 Å². The summed E-state index contributed by atoms with van der Waals surface area (Å²) in [6.45, 7) is 0. The molecule has 2 amide bonds. The van der Waals surface area contributed by atoms with Crippen molar-refractivity contribution in [1.82, 2.24) is 20.2 Å². The number of hydrogen-bond donors (Lipinski definition) is 2. The number of benzene rings is 1. The zero-order valence-corrected chi connectivity index (χ0v) is 15.5. The van der Waals surface area contributed by atoms with Gasteiger partial charge in [-0.2, -0.15) is 0 Å². The van der Waals surface area contributed by atoms with Gasteiger partial charge < -0.3 is 11.1 Å². The minimum absolute atomic E-state index is 0.298. The molecule has 9 heteroatoms. The molecular weight excluding hydrogens is 364 g/mol. The van der Waals surface area contributed by atoms with E-state index < -0.39 is 5.91 Å². The molecule has 27 heavy (non-hydrogen) atoms. The lowest BCUT2D eigenvalue weighted by Crippen LogP contribution is -2.18. The maximum absolute atomic E-state index is 12.8. The summed E-state index contributed by atoms with van der Waals surface area (Å²) in [4.78, 5) is 25.9. The third-order valence-corrected chi connectivity index (χ3v) is 5.86. The normalized spacial score (nSPS) is 13.2. The highest BCUT2D eigenvalue weighted by atomic mass is 32.1. The van der Waals surface area contributed by atoms with Crippen molar-refractivity contribution in [1.29, 1.82) is 0 Å². The fourth-order valence-corrected chi connectivity index (χ4v) is 4.65. The summed E-state index contributed by atoms with van der Waals surface area (Å²) in [6, 6.07) is 7.03. The predicted octanol–water partition coefficient (Wildman–Crippen LogP) is 2.17. The minimum Gasteiger partial charge on any atom is -0.365 e. The molecule has 2 heterocycles. The fraction of sp³-hybridized carbons (Fsp3) is 0.278. The van der Waals surface area contributed by atoms with Crippen LogP contribution in [0.2, 0.25) is 0 Å². The maximum Gasteiger partial charge on any atom is 0.256 e. The Bertz CT molecular complexity index is 1040. The van der Waals surface area contributed by atoms with Crippen molar-refractivity contribution in [2.45, 2.75) is 25.7 Å². The smallest absolute Gasteiger partial charge is 0.256 e. The number of nitrogens with zero attached hydrogens (tertiary/aromatic N) is 4. The van der Waals surface area contributed by atoms with Gasteiger partial charge in [-0.25, -0.2) is 4.68 Å². The van der Waals surface area contributed by atoms with Gasteiger partial charge in [0, 0.05) is 23.1 Å². The number of nitrogens with one attached hydrogen (secondary N) is 1. The van der Waals surface area contributed by atoms with Crippen molar-refractivity contribution < 1.29 is 9.59 Å². The van der Waals surface area contributed by atoms with Gasteiger partial charge in [0.2, 0.25) is 0 Å². The van der Waals surface area contributed by atoms with E-state index in [-0.39, 0.29) is 5.91 Å². The largest absolute Gasteiger partial charge is 0.365 e. The van der Waals surface area contributed by atoms with Crippen molar-refractivity contribution >= 4 is 28.2 Å². The molecule has 2 aromatic heterocycles. The molecule has 3 aromatic rings. The number of aromatic nitrogens is 4. The number of carbonyl (C=O) groups excluding carboxylic acids is 2. The number of thiophene rings is 1. The van der Waals surface area contributed by atoms with E-state index in [1.54, 1.807) is 25.2 Å². The molecule has 0 saturated heterocycles. The van der Waals surface area contributed by atoms with Crippen molar-refractivity contribution in [3.8, 4) is 11.4 Å². The standard InChI is InChI=1S/C18H18N6O2S/c1-24-16(21-22-23-24)10-5-4-6-11(9-10)17(26)20-18-14(15(19)25)12-7-2-3-8-13(12)27-18/h4-6,9H,2-3,7-8H2,1H3,(H2,19,25)(H,20,26). The molecule has 1 aromatic carbocycles. The highest BCUT2D eigenvalue weighted by molar-refractivity contribution is 7.17. The van der Waals surface area contributed by atoms with Gasteiger partial charge in [-0.05, 0) is 53.8 Å². The number of nitrogens with two attached hydrogens (primary N) is 1. The first kappa shape index (κ1) is 17.3. The third kappa shape index (κ3) is 3.21. The molecule has 0 radical (unpaired) electrons. The monoisotopic (exact) mass is 382 g/mol. The Balaban J connectivity index is 1.65. The number of anilines is 1. The molecule has 138 valence electrons. The lowest BCUT2D eigenvalue weighted by molar-refractivity contribution is 0.100. The summed E-state index contributed by atoms with van der Waals surface area (Å²) in [5.74, 6) is -0.231. The fourth-order valence-electron chi connectivity index (χ4n) is 3.36. The van der Waals surface area contributed by atoms with Crippen LogP contribution in [0, 0.1) is 0 Å². The number of fused-ring (bicyclic) bond motifs is 1. The number of hydrogen-bond acceptors (Lipinski definition) is 6. The van der Waals surface area contributed by atoms with Crippen LogP contribution in [-0.4, -0.2) is 32.0 Å². The molecule has 0 saturated carbocycles. The summed E-state index contributed by atoms with van der Waals surface area (Å²) in [7, 11) is 1.73. The number of rotatable bonds is 4. The van der Waals surface area contributed by atoms with Crippen LogP contribution in [0.5, 0.6) is 0 Å². The average molecular weight is 382 g/mol. The first-order valence-electron chi connectivity index (χ1n) is 8.63. The lowest BCUT2D eigenvalue weighted by Gasteiger charge is -2.11. The van der Waals surface area contributed by atoms with E-state index in [0.29, 0.717) is 22.0 Å². The van der Waals surface area contributed by atoms with Crippen molar-refractivity contribution in [2.24, 2.45) is 12.8 Å². The second-order valence-electron chi connectivity index (χ2n) is 6.44. The zero-order chi connectivity index (χ0) is 19.0. The van der Waals surface area contributed by atoms with Gasteiger partial charge in [0.05, 0.1) is 5.56 Å². The van der Waals surface area contributed by atoms with Gasteiger partial charge in [-0.3, -0.25) is 9.59 Å². The average Bonchev–Trinajstić information content (AvgIpc) is 3.24. The predicted molar refractivity (Wildman–Crippen MR) is 102 cm³/mol. The highest BCUT2D eigenvalue weighted by Gasteiger charge is 2.25. The van der Waals surface area contributed by atoms with E-state index in [1.165, 1.54) is 16.0 Å². The molecule has 1 aliphatic rings. The van der Waals surface area contributed by atoms with Crippen LogP contribution in [0.1, 0.15) is 44.0 Å². The first-order valence-corrected chi connectivity index (χ1v) is 9.44. The molecule has 0 spiro atoms. The summed E-state index contributed by atoms with van der Waals surface area (Å²) in [5.41, 5.74) is 8.23. The Morgan fingerprint density at radius 2 is 2.07 bits per heavy atom. The van der Waals surface area contributed by atoms with E-state index in [9.17, 15) is 9.59 Å². The molecule has 0 atom stereocenters. The molecular formula is C18H18N6O2S. The molecule has 4 rings (SSSR count). The van der Waals surface area contributed by atoms with E-state index >= 15 is 0 Å². The Morgan fingerprint density at radius 3 is 2.81 bits per heavy atom. The Kier molecular flexibility index (Phi) is 4.44. The van der Waals surface area contributed by atoms with E-state index in [2.05, 4.69) is 20.8 Å². The molecule has 3 N–H and O–H groups in total. The number of carbonyl (C=O) groups is 2. The maximum atomic E-state index is 12.8. The van der Waals surface area contributed by atoms with Gasteiger partial charge in [-0.1, -0.05) is 12.1 Å². The Morgan fingerprint density at radius 1 is 1.26 bits per heavy atom. The van der Waals surface area contributed by atoms with Gasteiger partial charge in [0.25, 0.3) is 11.8 Å². The Hall–Kier alpha value is -3.07. The second-order valence-corrected chi connectivity index (χ2v) is 7.55. The lowest BCUT2D eigenvalue weighted by atomic mass is 9.95. The molecule has 0 bridgehead atoms. The number of tetrazole rings is 1. The summed E-state index contributed by atoms with van der Waals surface area (Å²) < 4.78 is 1.54. The van der Waals surface area contributed by atoms with Gasteiger partial charge >= 0.3 is 0 Å². The molecule has 0 fully saturated rings. The summed E-state index contributed by atoms with van der Waals surface area (Å²) in [5, 5.41) is 14.8. The molecule has 1 aliphatic carbocycles. The summed E-state index contributed by atoms with van der Waals surface area (Å²) in [6.07, 6.45) is 3.87. The second kappa shape index (κ2) is 6.92. The molecule has 0 unspecified atom stereocenters. The van der Waals surface area contributed by atoms with Crippen LogP contribution in [0.25, 0.3) is 11.4 Å². The number of amides is 2. The van der Waals surface area contributed by atoms with Crippen molar-refractivity contribution in [3.63, 3.8) is 0 Å². The van der Waals surface area contributed by atoms with Crippen LogP contribution in [0.4, 0.5) is 5.00 Å². The zero-order valence-electron chi connectivity index (χ0n) is 14.7. The summed E-state index contributed by atoms with van der Waals surface area (Å²) >= 11 is 1.45. The molecule has 8 nitrogen and oxygen atoms in total. The van der Waals surface area contributed by atoms with Crippen LogP contribution in [0.15, 0.2) is 24.3 Å². The minimum atomic E-state index is -0.497.